The average molecular weight is 371 g/mol. The lowest BCUT2D eigenvalue weighted by molar-refractivity contribution is -0.123. The van der Waals surface area contributed by atoms with Crippen LogP contribution in [0.2, 0.25) is 0 Å². The Labute approximate surface area is 125 Å². The fraction of sp³-hybridized carbons (Fsp3) is 0.385. The maximum Gasteiger partial charge on any atom is 0.329 e. The maximum atomic E-state index is 12.6. The molecule has 2 aliphatic heterocycles. The van der Waals surface area contributed by atoms with Gasteiger partial charge in [-0.1, -0.05) is 18.2 Å². The Bertz CT molecular complexity index is 512. The Morgan fingerprint density at radius 2 is 1.74 bits per heavy atom. The summed E-state index contributed by atoms with van der Waals surface area (Å²) in [5.74, 6) is -0.117. The van der Waals surface area contributed by atoms with Crippen molar-refractivity contribution in [2.24, 2.45) is 0 Å². The van der Waals surface area contributed by atoms with Crippen LogP contribution in [0.5, 0.6) is 0 Å². The Kier molecular flexibility index (Phi) is 3.22. The molecule has 0 unspecified atom stereocenters. The summed E-state index contributed by atoms with van der Waals surface area (Å²) in [4.78, 5) is 26.0. The van der Waals surface area contributed by atoms with Gasteiger partial charge in [-0.2, -0.15) is 0 Å². The highest BCUT2D eigenvalue weighted by Crippen LogP contribution is 2.33. The van der Waals surface area contributed by atoms with Crippen molar-refractivity contribution in [2.45, 2.75) is 18.4 Å². The summed E-state index contributed by atoms with van der Waals surface area (Å²) in [6, 6.07) is 8.78. The van der Waals surface area contributed by atoms with E-state index >= 15 is 0 Å². The van der Waals surface area contributed by atoms with Crippen molar-refractivity contribution in [1.29, 1.82) is 0 Å². The molecule has 2 aliphatic rings. The molecule has 1 spiro atoms. The molecule has 1 aromatic carbocycles. The summed E-state index contributed by atoms with van der Waals surface area (Å²) in [7, 11) is 0. The predicted octanol–water partition coefficient (Wildman–Crippen LogP) is 1.93. The first kappa shape index (κ1) is 12.9. The van der Waals surface area contributed by atoms with Crippen LogP contribution in [0, 0.1) is 0 Å². The number of urea groups is 1. The zero-order valence-electron chi connectivity index (χ0n) is 10.3. The van der Waals surface area contributed by atoms with Crippen LogP contribution >= 0.6 is 22.9 Å². The Balaban J connectivity index is 1.90. The normalized spacial score (nSPS) is 22.9. The molecule has 2 saturated heterocycles. The van der Waals surface area contributed by atoms with Gasteiger partial charge in [0.15, 0.2) is 0 Å². The van der Waals surface area contributed by atoms with Crippen LogP contribution < -0.4 is 10.2 Å². The number of amides is 3. The van der Waals surface area contributed by atoms with Crippen molar-refractivity contribution >= 4 is 40.5 Å². The number of rotatable bonds is 1. The predicted molar refractivity (Wildman–Crippen MR) is 80.0 cm³/mol. The quantitative estimate of drug-likeness (QED) is 0.466. The molecule has 0 atom stereocenters. The van der Waals surface area contributed by atoms with E-state index in [9.17, 15) is 9.59 Å². The van der Waals surface area contributed by atoms with E-state index in [2.05, 4.69) is 31.3 Å². The SMILES string of the molecule is O=C1NC2(CCN(I)CC2)C(=O)N1c1ccccc1. The third-order valence-corrected chi connectivity index (χ3v) is 4.70. The summed E-state index contributed by atoms with van der Waals surface area (Å²) in [6.45, 7) is 1.63. The van der Waals surface area contributed by atoms with Gasteiger partial charge in [0.25, 0.3) is 5.91 Å². The van der Waals surface area contributed by atoms with E-state index in [0.29, 0.717) is 18.5 Å². The molecule has 6 heteroatoms. The van der Waals surface area contributed by atoms with Gasteiger partial charge < -0.3 is 5.32 Å². The summed E-state index contributed by atoms with van der Waals surface area (Å²) in [6.07, 6.45) is 1.34. The molecular formula is C13H14IN3O2. The van der Waals surface area contributed by atoms with E-state index in [1.54, 1.807) is 12.1 Å². The molecule has 0 bridgehead atoms. The van der Waals surface area contributed by atoms with Crippen molar-refractivity contribution in [3.05, 3.63) is 30.3 Å². The van der Waals surface area contributed by atoms with Crippen LogP contribution in [0.25, 0.3) is 0 Å². The van der Waals surface area contributed by atoms with Crippen LogP contribution in [0.3, 0.4) is 0 Å². The fourth-order valence-electron chi connectivity index (χ4n) is 2.63. The van der Waals surface area contributed by atoms with Crippen molar-refractivity contribution < 1.29 is 9.59 Å². The monoisotopic (exact) mass is 371 g/mol. The molecule has 2 heterocycles. The number of anilines is 1. The number of nitrogens with zero attached hydrogens (tertiary/aromatic N) is 2. The van der Waals surface area contributed by atoms with Gasteiger partial charge in [-0.25, -0.2) is 12.8 Å². The highest BCUT2D eigenvalue weighted by Gasteiger charge is 2.52. The molecule has 0 aliphatic carbocycles. The second-order valence-corrected chi connectivity index (χ2v) is 6.26. The summed E-state index contributed by atoms with van der Waals surface area (Å²) in [5.41, 5.74) is -0.0620. The molecular weight excluding hydrogens is 357 g/mol. The number of para-hydroxylation sites is 1. The van der Waals surface area contributed by atoms with E-state index in [4.69, 9.17) is 0 Å². The molecule has 3 rings (SSSR count). The van der Waals surface area contributed by atoms with Crippen LogP contribution in [-0.2, 0) is 4.79 Å². The van der Waals surface area contributed by atoms with Crippen molar-refractivity contribution in [3.8, 4) is 0 Å². The van der Waals surface area contributed by atoms with Gasteiger partial charge in [-0.3, -0.25) is 4.79 Å². The number of imide groups is 1. The minimum absolute atomic E-state index is 0.117. The lowest BCUT2D eigenvalue weighted by atomic mass is 9.88. The zero-order chi connectivity index (χ0) is 13.5. The van der Waals surface area contributed by atoms with Crippen LogP contribution in [0.1, 0.15) is 12.8 Å². The van der Waals surface area contributed by atoms with Crippen LogP contribution in [-0.4, -0.2) is 33.7 Å². The minimum Gasteiger partial charge on any atom is -0.323 e. The molecule has 100 valence electrons. The van der Waals surface area contributed by atoms with Crippen LogP contribution in [0.4, 0.5) is 10.5 Å². The molecule has 0 aromatic heterocycles. The second-order valence-electron chi connectivity index (χ2n) is 4.90. The Morgan fingerprint density at radius 1 is 1.11 bits per heavy atom. The zero-order valence-corrected chi connectivity index (χ0v) is 12.5. The third kappa shape index (κ3) is 2.12. The van der Waals surface area contributed by atoms with Crippen LogP contribution in [0.15, 0.2) is 30.3 Å². The molecule has 1 aromatic rings. The minimum atomic E-state index is -0.700. The standard InChI is InChI=1S/C13H14IN3O2/c14-16-8-6-13(7-9-16)11(18)17(12(19)15-13)10-4-2-1-3-5-10/h1-5H,6-9H2,(H,15,19). The number of halogens is 1. The highest BCUT2D eigenvalue weighted by molar-refractivity contribution is 14.1. The molecule has 3 amide bonds. The average Bonchev–Trinajstić information content (AvgIpc) is 2.66. The van der Waals surface area contributed by atoms with E-state index < -0.39 is 5.54 Å². The van der Waals surface area contributed by atoms with Gasteiger partial charge in [-0.05, 0) is 25.0 Å². The summed E-state index contributed by atoms with van der Waals surface area (Å²) >= 11 is 2.25. The molecule has 19 heavy (non-hydrogen) atoms. The lowest BCUT2D eigenvalue weighted by Crippen LogP contribution is -2.53. The smallest absolute Gasteiger partial charge is 0.323 e. The first-order chi connectivity index (χ1) is 9.12. The lowest BCUT2D eigenvalue weighted by Gasteiger charge is -2.34. The van der Waals surface area contributed by atoms with Crippen molar-refractivity contribution in [2.75, 3.05) is 18.0 Å². The van der Waals surface area contributed by atoms with Gasteiger partial charge in [0.1, 0.15) is 5.54 Å². The maximum absolute atomic E-state index is 12.6. The Hall–Kier alpha value is -1.15. The third-order valence-electron chi connectivity index (χ3n) is 3.74. The summed E-state index contributed by atoms with van der Waals surface area (Å²) < 4.78 is 2.15. The second kappa shape index (κ2) is 4.75. The molecule has 2 fully saturated rings. The number of hydrogen-bond donors (Lipinski definition) is 1. The van der Waals surface area contributed by atoms with Gasteiger partial charge >= 0.3 is 6.03 Å². The number of carbonyl (C=O) groups excluding carboxylic acids is 2. The Morgan fingerprint density at radius 3 is 2.37 bits per heavy atom. The first-order valence-electron chi connectivity index (χ1n) is 6.25. The summed E-state index contributed by atoms with van der Waals surface area (Å²) in [5, 5.41) is 2.90. The number of piperidine rings is 1. The molecule has 0 saturated carbocycles. The van der Waals surface area contributed by atoms with Gasteiger partial charge in [-0.15, -0.1) is 0 Å². The number of benzene rings is 1. The van der Waals surface area contributed by atoms with Crippen molar-refractivity contribution in [1.82, 2.24) is 8.43 Å². The van der Waals surface area contributed by atoms with Crippen molar-refractivity contribution in [3.63, 3.8) is 0 Å². The van der Waals surface area contributed by atoms with Gasteiger partial charge in [0.2, 0.25) is 0 Å². The van der Waals surface area contributed by atoms with E-state index in [1.165, 1.54) is 4.90 Å². The molecule has 1 N–H and O–H groups in total. The van der Waals surface area contributed by atoms with Gasteiger partial charge in [0, 0.05) is 36.0 Å². The first-order valence-corrected chi connectivity index (χ1v) is 7.21. The number of hydrogen-bond acceptors (Lipinski definition) is 3. The largest absolute Gasteiger partial charge is 0.329 e. The highest BCUT2D eigenvalue weighted by atomic mass is 127. The topological polar surface area (TPSA) is 52.7 Å². The number of nitrogens with one attached hydrogen (secondary N) is 1. The van der Waals surface area contributed by atoms with E-state index in [-0.39, 0.29) is 11.9 Å². The molecule has 0 radical (unpaired) electrons. The van der Waals surface area contributed by atoms with E-state index in [0.717, 1.165) is 13.1 Å². The molecule has 5 nitrogen and oxygen atoms in total. The van der Waals surface area contributed by atoms with E-state index in [1.807, 2.05) is 18.2 Å². The fourth-order valence-corrected chi connectivity index (χ4v) is 3.11. The number of carbonyl (C=O) groups is 2. The van der Waals surface area contributed by atoms with Gasteiger partial charge in [0.05, 0.1) is 5.69 Å².